The second-order valence-corrected chi connectivity index (χ2v) is 4.54. The lowest BCUT2D eigenvalue weighted by Gasteiger charge is -2.00. The third kappa shape index (κ3) is 2.46. The number of aliphatic imine (C=N–C) groups is 1. The maximum absolute atomic E-state index is 6.00. The van der Waals surface area contributed by atoms with Crippen molar-refractivity contribution in [3.05, 3.63) is 51.2 Å². The molecular weight excluding hydrogens is 226 g/mol. The maximum atomic E-state index is 6.00. The SMILES string of the molecule is Cc1c(Cl)cccc1N=Cc1cccs1. The summed E-state index contributed by atoms with van der Waals surface area (Å²) in [6.07, 6.45) is 1.86. The summed E-state index contributed by atoms with van der Waals surface area (Å²) in [4.78, 5) is 5.56. The van der Waals surface area contributed by atoms with E-state index < -0.39 is 0 Å². The zero-order valence-corrected chi connectivity index (χ0v) is 9.85. The number of hydrogen-bond donors (Lipinski definition) is 0. The largest absolute Gasteiger partial charge is 0.255 e. The molecule has 15 heavy (non-hydrogen) atoms. The van der Waals surface area contributed by atoms with Crippen molar-refractivity contribution >= 4 is 34.8 Å². The Morgan fingerprint density at radius 1 is 1.27 bits per heavy atom. The van der Waals surface area contributed by atoms with E-state index in [9.17, 15) is 0 Å². The Morgan fingerprint density at radius 2 is 2.13 bits per heavy atom. The predicted molar refractivity (Wildman–Crippen MR) is 67.8 cm³/mol. The fourth-order valence-electron chi connectivity index (χ4n) is 1.23. The fraction of sp³-hybridized carbons (Fsp3) is 0.0833. The topological polar surface area (TPSA) is 12.4 Å². The van der Waals surface area contributed by atoms with Crippen LogP contribution in [0.4, 0.5) is 5.69 Å². The first-order chi connectivity index (χ1) is 7.27. The molecule has 0 aliphatic carbocycles. The lowest BCUT2D eigenvalue weighted by Crippen LogP contribution is -1.77. The standard InChI is InChI=1S/C12H10ClNS/c1-9-11(13)5-2-6-12(9)14-8-10-4-3-7-15-10/h2-8H,1H3. The average Bonchev–Trinajstić information content (AvgIpc) is 2.73. The lowest BCUT2D eigenvalue weighted by molar-refractivity contribution is 1.41. The fourth-order valence-corrected chi connectivity index (χ4v) is 1.99. The molecule has 0 fully saturated rings. The number of rotatable bonds is 2. The highest BCUT2D eigenvalue weighted by Gasteiger charge is 1.99. The van der Waals surface area contributed by atoms with Gasteiger partial charge < -0.3 is 0 Å². The Labute approximate surface area is 98.1 Å². The van der Waals surface area contributed by atoms with Crippen molar-refractivity contribution in [3.8, 4) is 0 Å². The first kappa shape index (κ1) is 10.4. The van der Waals surface area contributed by atoms with Crippen molar-refractivity contribution < 1.29 is 0 Å². The molecule has 0 unspecified atom stereocenters. The minimum atomic E-state index is 0.760. The average molecular weight is 236 g/mol. The Morgan fingerprint density at radius 3 is 2.87 bits per heavy atom. The van der Waals surface area contributed by atoms with Gasteiger partial charge in [0.2, 0.25) is 0 Å². The number of benzene rings is 1. The Kier molecular flexibility index (Phi) is 3.19. The molecule has 1 heterocycles. The van der Waals surface area contributed by atoms with Gasteiger partial charge in [-0.2, -0.15) is 0 Å². The van der Waals surface area contributed by atoms with Crippen molar-refractivity contribution in [2.24, 2.45) is 4.99 Å². The Balaban J connectivity index is 2.28. The first-order valence-corrected chi connectivity index (χ1v) is 5.86. The van der Waals surface area contributed by atoms with Crippen molar-refractivity contribution in [2.45, 2.75) is 6.92 Å². The van der Waals surface area contributed by atoms with Crippen molar-refractivity contribution in [3.63, 3.8) is 0 Å². The van der Waals surface area contributed by atoms with Crippen LogP contribution in [0.1, 0.15) is 10.4 Å². The van der Waals surface area contributed by atoms with E-state index >= 15 is 0 Å². The molecule has 0 N–H and O–H groups in total. The molecule has 1 nitrogen and oxygen atoms in total. The normalized spacial score (nSPS) is 11.1. The molecule has 3 heteroatoms. The van der Waals surface area contributed by atoms with Gasteiger partial charge in [0.05, 0.1) is 5.69 Å². The predicted octanol–water partition coefficient (Wildman–Crippen LogP) is 4.46. The van der Waals surface area contributed by atoms with Gasteiger partial charge in [-0.1, -0.05) is 23.7 Å². The summed E-state index contributed by atoms with van der Waals surface area (Å²) in [7, 11) is 0. The van der Waals surface area contributed by atoms with Crippen LogP contribution in [0.15, 0.2) is 40.7 Å². The summed E-state index contributed by atoms with van der Waals surface area (Å²) in [5, 5.41) is 2.79. The smallest absolute Gasteiger partial charge is 0.0674 e. The molecule has 1 aromatic carbocycles. The molecule has 1 aromatic heterocycles. The molecule has 0 bridgehead atoms. The summed E-state index contributed by atoms with van der Waals surface area (Å²) >= 11 is 7.67. The van der Waals surface area contributed by atoms with Crippen molar-refractivity contribution in [1.29, 1.82) is 0 Å². The minimum Gasteiger partial charge on any atom is -0.255 e. The molecular formula is C12H10ClNS. The van der Waals surface area contributed by atoms with E-state index in [4.69, 9.17) is 11.6 Å². The second kappa shape index (κ2) is 4.60. The van der Waals surface area contributed by atoms with Gasteiger partial charge in [-0.15, -0.1) is 11.3 Å². The van der Waals surface area contributed by atoms with Crippen LogP contribution >= 0.6 is 22.9 Å². The Hall–Kier alpha value is -1.12. The van der Waals surface area contributed by atoms with E-state index in [1.165, 1.54) is 0 Å². The van der Waals surface area contributed by atoms with Crippen LogP contribution in [-0.2, 0) is 0 Å². The van der Waals surface area contributed by atoms with Gasteiger partial charge in [0, 0.05) is 16.1 Å². The van der Waals surface area contributed by atoms with Gasteiger partial charge in [-0.3, -0.25) is 4.99 Å². The molecule has 0 saturated heterocycles. The van der Waals surface area contributed by atoms with Crippen molar-refractivity contribution in [1.82, 2.24) is 0 Å². The van der Waals surface area contributed by atoms with Gasteiger partial charge in [0.25, 0.3) is 0 Å². The lowest BCUT2D eigenvalue weighted by atomic mass is 10.2. The van der Waals surface area contributed by atoms with E-state index in [1.54, 1.807) is 11.3 Å². The highest BCUT2D eigenvalue weighted by atomic mass is 35.5. The van der Waals surface area contributed by atoms with E-state index in [-0.39, 0.29) is 0 Å². The van der Waals surface area contributed by atoms with Crippen LogP contribution in [0, 0.1) is 6.92 Å². The van der Waals surface area contributed by atoms with E-state index in [2.05, 4.69) is 4.99 Å². The van der Waals surface area contributed by atoms with Crippen molar-refractivity contribution in [2.75, 3.05) is 0 Å². The minimum absolute atomic E-state index is 0.760. The van der Waals surface area contributed by atoms with Crippen LogP contribution in [-0.4, -0.2) is 6.21 Å². The van der Waals surface area contributed by atoms with Crippen LogP contribution in [0.2, 0.25) is 5.02 Å². The molecule has 0 atom stereocenters. The van der Waals surface area contributed by atoms with Gasteiger partial charge >= 0.3 is 0 Å². The summed E-state index contributed by atoms with van der Waals surface area (Å²) < 4.78 is 0. The summed E-state index contributed by atoms with van der Waals surface area (Å²) in [6.45, 7) is 1.98. The molecule has 2 aromatic rings. The molecule has 0 aliphatic rings. The van der Waals surface area contributed by atoms with Gasteiger partial charge in [-0.05, 0) is 36.1 Å². The van der Waals surface area contributed by atoms with E-state index in [0.717, 1.165) is 21.2 Å². The number of halogens is 1. The molecule has 0 amide bonds. The third-order valence-corrected chi connectivity index (χ3v) is 3.33. The number of hydrogen-bond acceptors (Lipinski definition) is 2. The zero-order chi connectivity index (χ0) is 10.7. The van der Waals surface area contributed by atoms with Gasteiger partial charge in [-0.25, -0.2) is 0 Å². The molecule has 0 radical (unpaired) electrons. The molecule has 0 saturated carbocycles. The molecule has 76 valence electrons. The van der Waals surface area contributed by atoms with Crippen LogP contribution in [0.5, 0.6) is 0 Å². The monoisotopic (exact) mass is 235 g/mol. The summed E-state index contributed by atoms with van der Waals surface area (Å²) in [6, 6.07) is 9.80. The van der Waals surface area contributed by atoms with Crippen LogP contribution < -0.4 is 0 Å². The van der Waals surface area contributed by atoms with E-state index in [0.29, 0.717) is 0 Å². The Bertz CT molecular complexity index is 474. The first-order valence-electron chi connectivity index (χ1n) is 4.60. The second-order valence-electron chi connectivity index (χ2n) is 3.16. The van der Waals surface area contributed by atoms with Crippen LogP contribution in [0.3, 0.4) is 0 Å². The van der Waals surface area contributed by atoms with Gasteiger partial charge in [0.15, 0.2) is 0 Å². The summed E-state index contributed by atoms with van der Waals surface area (Å²) in [5.74, 6) is 0. The highest BCUT2D eigenvalue weighted by Crippen LogP contribution is 2.25. The molecule has 0 aliphatic heterocycles. The maximum Gasteiger partial charge on any atom is 0.0674 e. The molecule has 2 rings (SSSR count). The van der Waals surface area contributed by atoms with Gasteiger partial charge in [0.1, 0.15) is 0 Å². The highest BCUT2D eigenvalue weighted by molar-refractivity contribution is 7.11. The molecule has 0 spiro atoms. The number of nitrogens with zero attached hydrogens (tertiary/aromatic N) is 1. The summed E-state index contributed by atoms with van der Waals surface area (Å²) in [5.41, 5.74) is 1.95. The quantitative estimate of drug-likeness (QED) is 0.682. The van der Waals surface area contributed by atoms with Crippen LogP contribution in [0.25, 0.3) is 0 Å². The number of thiophene rings is 1. The van der Waals surface area contributed by atoms with E-state index in [1.807, 2.05) is 48.9 Å². The zero-order valence-electron chi connectivity index (χ0n) is 8.27. The third-order valence-electron chi connectivity index (χ3n) is 2.11.